The molecule has 0 spiro atoms. The van der Waals surface area contributed by atoms with Crippen LogP contribution in [0.5, 0.6) is 0 Å². The zero-order valence-corrected chi connectivity index (χ0v) is 17.7. The number of nitrogens with zero attached hydrogens (tertiary/aromatic N) is 4. The average Bonchev–Trinajstić information content (AvgIpc) is 3.02. The van der Waals surface area contributed by atoms with Crippen LogP contribution in [0, 0.1) is 6.92 Å². The standard InChI is InChI=1S/C16H29N5O3.HI/c1-13-19-15(24-20-13)5-8-18-16(17-2)21-9-6-14(7-10-21)23-12-4-11-22-3;/h14H,4-12H2,1-3H3,(H,17,18);1H. The second-order valence-corrected chi connectivity index (χ2v) is 5.86. The minimum atomic E-state index is 0. The van der Waals surface area contributed by atoms with Gasteiger partial charge in [0, 0.05) is 53.4 Å². The van der Waals surface area contributed by atoms with Crippen LogP contribution in [0.2, 0.25) is 0 Å². The predicted molar refractivity (Wildman–Crippen MR) is 107 cm³/mol. The van der Waals surface area contributed by atoms with Gasteiger partial charge in [-0.15, -0.1) is 24.0 Å². The molecule has 0 aromatic carbocycles. The van der Waals surface area contributed by atoms with E-state index in [4.69, 9.17) is 14.0 Å². The second kappa shape index (κ2) is 12.4. The normalized spacial score (nSPS) is 16.0. The Morgan fingerprint density at radius 2 is 2.12 bits per heavy atom. The third-order valence-electron chi connectivity index (χ3n) is 3.99. The molecule has 2 heterocycles. The first-order valence-corrected chi connectivity index (χ1v) is 8.58. The highest BCUT2D eigenvalue weighted by Crippen LogP contribution is 2.14. The fourth-order valence-electron chi connectivity index (χ4n) is 2.74. The van der Waals surface area contributed by atoms with Gasteiger partial charge in [-0.3, -0.25) is 4.99 Å². The Morgan fingerprint density at radius 1 is 1.36 bits per heavy atom. The molecule has 0 radical (unpaired) electrons. The Bertz CT molecular complexity index is 504. The van der Waals surface area contributed by atoms with Crippen molar-refractivity contribution in [3.05, 3.63) is 11.7 Å². The minimum Gasteiger partial charge on any atom is -0.385 e. The van der Waals surface area contributed by atoms with Gasteiger partial charge in [-0.1, -0.05) is 5.16 Å². The molecule has 2 rings (SSSR count). The van der Waals surface area contributed by atoms with E-state index in [0.29, 0.717) is 24.2 Å². The van der Waals surface area contributed by atoms with Crippen LogP contribution in [0.1, 0.15) is 31.0 Å². The number of hydrogen-bond acceptors (Lipinski definition) is 6. The van der Waals surface area contributed by atoms with Gasteiger partial charge in [0.15, 0.2) is 11.8 Å². The topological polar surface area (TPSA) is 85.0 Å². The lowest BCUT2D eigenvalue weighted by Crippen LogP contribution is -2.47. The summed E-state index contributed by atoms with van der Waals surface area (Å²) < 4.78 is 16.0. The molecule has 0 bridgehead atoms. The highest BCUT2D eigenvalue weighted by Gasteiger charge is 2.21. The SMILES string of the molecule is CN=C(NCCc1nc(C)no1)N1CCC(OCCCOC)CC1.I. The maximum Gasteiger partial charge on any atom is 0.228 e. The molecule has 0 aliphatic carbocycles. The largest absolute Gasteiger partial charge is 0.385 e. The van der Waals surface area contributed by atoms with Gasteiger partial charge in [0.1, 0.15) is 0 Å². The predicted octanol–water partition coefficient (Wildman–Crippen LogP) is 1.63. The summed E-state index contributed by atoms with van der Waals surface area (Å²) in [4.78, 5) is 10.8. The van der Waals surface area contributed by atoms with E-state index in [0.717, 1.165) is 58.1 Å². The summed E-state index contributed by atoms with van der Waals surface area (Å²) in [7, 11) is 3.53. The average molecular weight is 467 g/mol. The zero-order chi connectivity index (χ0) is 17.2. The van der Waals surface area contributed by atoms with Gasteiger partial charge in [0.2, 0.25) is 5.89 Å². The molecule has 1 N–H and O–H groups in total. The van der Waals surface area contributed by atoms with E-state index in [1.165, 1.54) is 0 Å². The van der Waals surface area contributed by atoms with E-state index in [1.807, 2.05) is 14.0 Å². The fourth-order valence-corrected chi connectivity index (χ4v) is 2.74. The summed E-state index contributed by atoms with van der Waals surface area (Å²) in [6, 6.07) is 0. The molecule has 1 aromatic heterocycles. The van der Waals surface area contributed by atoms with Crippen molar-refractivity contribution in [2.75, 3.05) is 47.0 Å². The van der Waals surface area contributed by atoms with Crippen LogP contribution in [0.25, 0.3) is 0 Å². The monoisotopic (exact) mass is 467 g/mol. The van der Waals surface area contributed by atoms with Gasteiger partial charge in [-0.25, -0.2) is 0 Å². The summed E-state index contributed by atoms with van der Waals surface area (Å²) in [5, 5.41) is 7.15. The number of aliphatic imine (C=N–C) groups is 1. The van der Waals surface area contributed by atoms with Gasteiger partial charge in [-0.05, 0) is 26.2 Å². The van der Waals surface area contributed by atoms with Crippen molar-refractivity contribution in [2.45, 2.75) is 38.7 Å². The summed E-state index contributed by atoms with van der Waals surface area (Å²) in [5.74, 6) is 2.24. The van der Waals surface area contributed by atoms with E-state index >= 15 is 0 Å². The van der Waals surface area contributed by atoms with Crippen LogP contribution >= 0.6 is 24.0 Å². The van der Waals surface area contributed by atoms with Crippen molar-refractivity contribution in [1.29, 1.82) is 0 Å². The zero-order valence-electron chi connectivity index (χ0n) is 15.4. The molecule has 144 valence electrons. The van der Waals surface area contributed by atoms with Crippen LogP contribution in [0.3, 0.4) is 0 Å². The molecular formula is C16H30IN5O3. The number of aryl methyl sites for hydroxylation is 1. The Kier molecular flexibility index (Phi) is 11.0. The molecular weight excluding hydrogens is 437 g/mol. The van der Waals surface area contributed by atoms with Gasteiger partial charge >= 0.3 is 0 Å². The maximum atomic E-state index is 5.89. The molecule has 1 saturated heterocycles. The molecule has 1 aromatic rings. The van der Waals surface area contributed by atoms with Crippen molar-refractivity contribution in [1.82, 2.24) is 20.4 Å². The van der Waals surface area contributed by atoms with Crippen LogP contribution in [-0.2, 0) is 15.9 Å². The van der Waals surface area contributed by atoms with Crippen molar-refractivity contribution in [3.63, 3.8) is 0 Å². The number of piperidine rings is 1. The molecule has 9 heteroatoms. The number of halogens is 1. The first-order chi connectivity index (χ1) is 11.7. The fraction of sp³-hybridized carbons (Fsp3) is 0.812. The van der Waals surface area contributed by atoms with Crippen LogP contribution in [0.15, 0.2) is 9.52 Å². The summed E-state index contributed by atoms with van der Waals surface area (Å²) in [6.45, 7) is 5.98. The lowest BCUT2D eigenvalue weighted by atomic mass is 10.1. The number of guanidine groups is 1. The van der Waals surface area contributed by atoms with Crippen LogP contribution in [0.4, 0.5) is 0 Å². The maximum absolute atomic E-state index is 5.89. The van der Waals surface area contributed by atoms with Gasteiger partial charge in [-0.2, -0.15) is 4.98 Å². The van der Waals surface area contributed by atoms with E-state index in [1.54, 1.807) is 7.11 Å². The van der Waals surface area contributed by atoms with Gasteiger partial charge in [0.05, 0.1) is 6.10 Å². The van der Waals surface area contributed by atoms with E-state index in [-0.39, 0.29) is 24.0 Å². The number of likely N-dealkylation sites (tertiary alicyclic amines) is 1. The Balaban J connectivity index is 0.00000312. The lowest BCUT2D eigenvalue weighted by molar-refractivity contribution is 0.00991. The van der Waals surface area contributed by atoms with E-state index in [2.05, 4.69) is 25.3 Å². The molecule has 0 atom stereocenters. The first-order valence-electron chi connectivity index (χ1n) is 8.58. The van der Waals surface area contributed by atoms with Gasteiger partial charge in [0.25, 0.3) is 0 Å². The molecule has 1 aliphatic rings. The number of hydrogen-bond donors (Lipinski definition) is 1. The summed E-state index contributed by atoms with van der Waals surface area (Å²) in [5.41, 5.74) is 0. The lowest BCUT2D eigenvalue weighted by Gasteiger charge is -2.34. The minimum absolute atomic E-state index is 0. The van der Waals surface area contributed by atoms with Crippen molar-refractivity contribution < 1.29 is 14.0 Å². The number of nitrogens with one attached hydrogen (secondary N) is 1. The van der Waals surface area contributed by atoms with Gasteiger partial charge < -0.3 is 24.2 Å². The third kappa shape index (κ3) is 7.87. The molecule has 25 heavy (non-hydrogen) atoms. The summed E-state index contributed by atoms with van der Waals surface area (Å²) >= 11 is 0. The summed E-state index contributed by atoms with van der Waals surface area (Å²) in [6.07, 6.45) is 4.04. The van der Waals surface area contributed by atoms with Crippen molar-refractivity contribution in [2.24, 2.45) is 4.99 Å². The highest BCUT2D eigenvalue weighted by molar-refractivity contribution is 14.0. The van der Waals surface area contributed by atoms with Crippen molar-refractivity contribution in [3.8, 4) is 0 Å². The Labute approximate surface area is 166 Å². The molecule has 8 nitrogen and oxygen atoms in total. The first kappa shape index (κ1) is 22.1. The Hall–Kier alpha value is -0.940. The molecule has 1 fully saturated rings. The van der Waals surface area contributed by atoms with E-state index < -0.39 is 0 Å². The van der Waals surface area contributed by atoms with E-state index in [9.17, 15) is 0 Å². The molecule has 0 unspecified atom stereocenters. The Morgan fingerprint density at radius 3 is 2.72 bits per heavy atom. The number of ether oxygens (including phenoxy) is 2. The number of methoxy groups -OCH3 is 1. The number of aromatic nitrogens is 2. The molecule has 0 saturated carbocycles. The smallest absolute Gasteiger partial charge is 0.228 e. The highest BCUT2D eigenvalue weighted by atomic mass is 127. The van der Waals surface area contributed by atoms with Crippen LogP contribution in [-0.4, -0.2) is 74.1 Å². The van der Waals surface area contributed by atoms with Crippen LogP contribution < -0.4 is 5.32 Å². The van der Waals surface area contributed by atoms with Crippen molar-refractivity contribution >= 4 is 29.9 Å². The number of rotatable bonds is 8. The second-order valence-electron chi connectivity index (χ2n) is 5.86. The quantitative estimate of drug-likeness (QED) is 0.269. The third-order valence-corrected chi connectivity index (χ3v) is 3.99. The molecule has 0 amide bonds. The molecule has 1 aliphatic heterocycles.